The molecular formula is C20H26ClF3N4O2. The van der Waals surface area contributed by atoms with Crippen LogP contribution in [0.3, 0.4) is 0 Å². The molecule has 1 aromatic carbocycles. The van der Waals surface area contributed by atoms with Gasteiger partial charge in [0, 0.05) is 44.3 Å². The molecular weight excluding hydrogens is 421 g/mol. The van der Waals surface area contributed by atoms with Crippen LogP contribution in [0, 0.1) is 0 Å². The quantitative estimate of drug-likeness (QED) is 0.755. The van der Waals surface area contributed by atoms with Crippen molar-refractivity contribution in [1.82, 2.24) is 14.7 Å². The van der Waals surface area contributed by atoms with E-state index in [2.05, 4.69) is 10.2 Å². The third-order valence-corrected chi connectivity index (χ3v) is 5.93. The van der Waals surface area contributed by atoms with Crippen LogP contribution in [0.1, 0.15) is 25.3 Å². The van der Waals surface area contributed by atoms with Crippen LogP contribution in [0.25, 0.3) is 0 Å². The van der Waals surface area contributed by atoms with Crippen molar-refractivity contribution in [2.75, 3.05) is 51.1 Å². The summed E-state index contributed by atoms with van der Waals surface area (Å²) in [6.07, 6.45) is -2.52. The molecule has 3 rings (SSSR count). The van der Waals surface area contributed by atoms with Gasteiger partial charge in [-0.1, -0.05) is 11.6 Å². The predicted octanol–water partition coefficient (Wildman–Crippen LogP) is 2.93. The number of likely N-dealkylation sites (tertiary alicyclic amines) is 1. The van der Waals surface area contributed by atoms with Crippen LogP contribution in [0.5, 0.6) is 0 Å². The second-order valence-corrected chi connectivity index (χ2v) is 8.19. The van der Waals surface area contributed by atoms with E-state index in [1.165, 1.54) is 6.07 Å². The number of piperazine rings is 1. The van der Waals surface area contributed by atoms with Crippen LogP contribution < -0.4 is 5.32 Å². The molecule has 10 heteroatoms. The number of carbonyl (C=O) groups excluding carboxylic acids is 2. The first-order valence-electron chi connectivity index (χ1n) is 10.1. The van der Waals surface area contributed by atoms with Crippen LogP contribution in [0.2, 0.25) is 5.02 Å². The molecule has 2 saturated heterocycles. The van der Waals surface area contributed by atoms with Crippen molar-refractivity contribution in [1.29, 1.82) is 0 Å². The van der Waals surface area contributed by atoms with Gasteiger partial charge in [0.2, 0.25) is 11.8 Å². The van der Waals surface area contributed by atoms with Gasteiger partial charge < -0.3 is 10.2 Å². The van der Waals surface area contributed by atoms with Crippen LogP contribution in [-0.4, -0.2) is 78.4 Å². The number of amides is 2. The number of alkyl halides is 3. The largest absolute Gasteiger partial charge is 0.418 e. The summed E-state index contributed by atoms with van der Waals surface area (Å²) >= 11 is 5.68. The van der Waals surface area contributed by atoms with E-state index < -0.39 is 23.7 Å². The van der Waals surface area contributed by atoms with Crippen LogP contribution >= 0.6 is 11.6 Å². The second kappa shape index (κ2) is 9.53. The van der Waals surface area contributed by atoms with E-state index in [1.807, 2.05) is 9.80 Å². The Morgan fingerprint density at radius 2 is 1.73 bits per heavy atom. The Labute approximate surface area is 178 Å². The van der Waals surface area contributed by atoms with E-state index in [1.54, 1.807) is 6.92 Å². The molecule has 166 valence electrons. The van der Waals surface area contributed by atoms with Gasteiger partial charge in [-0.25, -0.2) is 0 Å². The minimum atomic E-state index is -4.62. The van der Waals surface area contributed by atoms with E-state index in [0.29, 0.717) is 32.7 Å². The van der Waals surface area contributed by atoms with Crippen molar-refractivity contribution in [3.05, 3.63) is 28.8 Å². The lowest BCUT2D eigenvalue weighted by Crippen LogP contribution is -2.54. The van der Waals surface area contributed by atoms with Gasteiger partial charge in [0.15, 0.2) is 0 Å². The van der Waals surface area contributed by atoms with Gasteiger partial charge >= 0.3 is 6.18 Å². The minimum absolute atomic E-state index is 0.0482. The van der Waals surface area contributed by atoms with E-state index in [-0.39, 0.29) is 16.6 Å². The standard InChI is InChI=1S/C20H26ClF3N4O2/c1-14(19(30)25-17-5-4-15(21)12-16(17)20(22,23)24)27-10-8-26(9-11-27)13-18(29)28-6-2-3-7-28/h4-5,12,14H,2-3,6-11,13H2,1H3,(H,25,30)/t14-/m0/s1. The highest BCUT2D eigenvalue weighted by Crippen LogP contribution is 2.36. The number of nitrogens with zero attached hydrogens (tertiary/aromatic N) is 3. The van der Waals surface area contributed by atoms with Gasteiger partial charge in [-0.2, -0.15) is 13.2 Å². The number of benzene rings is 1. The molecule has 2 fully saturated rings. The third kappa shape index (κ3) is 5.65. The van der Waals surface area contributed by atoms with Gasteiger partial charge in [0.1, 0.15) is 0 Å². The average Bonchev–Trinajstić information content (AvgIpc) is 3.23. The Kier molecular flexibility index (Phi) is 7.26. The first-order chi connectivity index (χ1) is 14.1. The zero-order valence-electron chi connectivity index (χ0n) is 16.8. The Bertz CT molecular complexity index is 776. The molecule has 2 amide bonds. The topological polar surface area (TPSA) is 55.9 Å². The van der Waals surface area contributed by atoms with E-state index in [9.17, 15) is 22.8 Å². The Balaban J connectivity index is 1.53. The number of carbonyl (C=O) groups is 2. The van der Waals surface area contributed by atoms with Crippen molar-refractivity contribution in [2.24, 2.45) is 0 Å². The lowest BCUT2D eigenvalue weighted by Gasteiger charge is -2.37. The maximum absolute atomic E-state index is 13.2. The van der Waals surface area contributed by atoms with Crippen molar-refractivity contribution in [2.45, 2.75) is 32.0 Å². The number of anilines is 1. The van der Waals surface area contributed by atoms with Crippen LogP contribution in [0.15, 0.2) is 18.2 Å². The number of nitrogens with one attached hydrogen (secondary N) is 1. The van der Waals surface area contributed by atoms with Gasteiger partial charge in [-0.05, 0) is 38.0 Å². The molecule has 0 aliphatic carbocycles. The summed E-state index contributed by atoms with van der Waals surface area (Å²) in [4.78, 5) is 30.7. The first kappa shape index (κ1) is 22.8. The molecule has 0 radical (unpaired) electrons. The van der Waals surface area contributed by atoms with Gasteiger partial charge in [-0.15, -0.1) is 0 Å². The molecule has 2 aliphatic heterocycles. The molecule has 0 bridgehead atoms. The average molecular weight is 447 g/mol. The molecule has 0 spiro atoms. The number of halogens is 4. The molecule has 1 N–H and O–H groups in total. The zero-order chi connectivity index (χ0) is 21.9. The monoisotopic (exact) mass is 446 g/mol. The minimum Gasteiger partial charge on any atom is -0.342 e. The predicted molar refractivity (Wildman–Crippen MR) is 108 cm³/mol. The fraction of sp³-hybridized carbons (Fsp3) is 0.600. The summed E-state index contributed by atoms with van der Waals surface area (Å²) in [6.45, 7) is 6.07. The second-order valence-electron chi connectivity index (χ2n) is 7.75. The molecule has 2 heterocycles. The highest BCUT2D eigenvalue weighted by Gasteiger charge is 2.35. The highest BCUT2D eigenvalue weighted by molar-refractivity contribution is 6.30. The Morgan fingerprint density at radius 3 is 2.33 bits per heavy atom. The zero-order valence-corrected chi connectivity index (χ0v) is 17.6. The smallest absolute Gasteiger partial charge is 0.342 e. The maximum atomic E-state index is 13.2. The number of hydrogen-bond donors (Lipinski definition) is 1. The molecule has 0 aromatic heterocycles. The molecule has 0 unspecified atom stereocenters. The van der Waals surface area contributed by atoms with Gasteiger partial charge in [-0.3, -0.25) is 19.4 Å². The van der Waals surface area contributed by atoms with Crippen LogP contribution in [0.4, 0.5) is 18.9 Å². The van der Waals surface area contributed by atoms with E-state index in [0.717, 1.165) is 38.1 Å². The van der Waals surface area contributed by atoms with Crippen molar-refractivity contribution < 1.29 is 22.8 Å². The SMILES string of the molecule is C[C@@H](C(=O)Nc1ccc(Cl)cc1C(F)(F)F)N1CCN(CC(=O)N2CCCC2)CC1. The Hall–Kier alpha value is -1.84. The third-order valence-electron chi connectivity index (χ3n) is 5.70. The van der Waals surface area contributed by atoms with E-state index in [4.69, 9.17) is 11.6 Å². The molecule has 2 aliphatic rings. The van der Waals surface area contributed by atoms with Crippen molar-refractivity contribution in [3.63, 3.8) is 0 Å². The lowest BCUT2D eigenvalue weighted by molar-refractivity contribution is -0.137. The van der Waals surface area contributed by atoms with Crippen molar-refractivity contribution >= 4 is 29.1 Å². The molecule has 1 aromatic rings. The molecule has 6 nitrogen and oxygen atoms in total. The van der Waals surface area contributed by atoms with Gasteiger partial charge in [0.25, 0.3) is 0 Å². The maximum Gasteiger partial charge on any atom is 0.418 e. The van der Waals surface area contributed by atoms with Crippen LogP contribution in [-0.2, 0) is 15.8 Å². The van der Waals surface area contributed by atoms with E-state index >= 15 is 0 Å². The fourth-order valence-corrected chi connectivity index (χ4v) is 4.00. The Morgan fingerprint density at radius 1 is 1.10 bits per heavy atom. The molecule has 30 heavy (non-hydrogen) atoms. The first-order valence-corrected chi connectivity index (χ1v) is 10.4. The number of rotatable bonds is 5. The summed E-state index contributed by atoms with van der Waals surface area (Å²) in [5.41, 5.74) is -1.28. The summed E-state index contributed by atoms with van der Waals surface area (Å²) in [5.74, 6) is -0.376. The van der Waals surface area contributed by atoms with Gasteiger partial charge in [0.05, 0.1) is 23.8 Å². The normalized spacial score (nSPS) is 19.7. The lowest BCUT2D eigenvalue weighted by atomic mass is 10.1. The summed E-state index contributed by atoms with van der Waals surface area (Å²) in [7, 11) is 0. The molecule has 1 atom stereocenters. The summed E-state index contributed by atoms with van der Waals surface area (Å²) < 4.78 is 39.7. The van der Waals surface area contributed by atoms with Crippen molar-refractivity contribution in [3.8, 4) is 0 Å². The fourth-order valence-electron chi connectivity index (χ4n) is 3.83. The summed E-state index contributed by atoms with van der Waals surface area (Å²) in [5, 5.41) is 2.34. The molecule has 0 saturated carbocycles. The number of hydrogen-bond acceptors (Lipinski definition) is 4. The summed E-state index contributed by atoms with van der Waals surface area (Å²) in [6, 6.07) is 2.68. The highest BCUT2D eigenvalue weighted by atomic mass is 35.5.